The van der Waals surface area contributed by atoms with Crippen molar-refractivity contribution in [3.8, 4) is 17.1 Å². The molecule has 1 atom stereocenters. The molecule has 0 N–H and O–H groups in total. The summed E-state index contributed by atoms with van der Waals surface area (Å²) in [6, 6.07) is 21.3. The summed E-state index contributed by atoms with van der Waals surface area (Å²) >= 11 is 0. The highest BCUT2D eigenvalue weighted by atomic mass is 19.3. The molecule has 0 saturated heterocycles. The second kappa shape index (κ2) is 9.29. The zero-order valence-corrected chi connectivity index (χ0v) is 19.6. The zero-order chi connectivity index (χ0) is 24.3. The highest BCUT2D eigenvalue weighted by Gasteiger charge is 2.40. The molecule has 1 unspecified atom stereocenters. The summed E-state index contributed by atoms with van der Waals surface area (Å²) in [5.74, 6) is 0.799. The molecule has 0 spiro atoms. The Balaban J connectivity index is 1.61. The fourth-order valence-corrected chi connectivity index (χ4v) is 4.03. The van der Waals surface area contributed by atoms with Gasteiger partial charge in [-0.2, -0.15) is 13.5 Å². The molecule has 176 valence electrons. The molecule has 34 heavy (non-hydrogen) atoms. The van der Waals surface area contributed by atoms with Crippen LogP contribution >= 0.6 is 0 Å². The fourth-order valence-electron chi connectivity index (χ4n) is 4.03. The highest BCUT2D eigenvalue weighted by molar-refractivity contribution is 5.56. The summed E-state index contributed by atoms with van der Waals surface area (Å²) < 4.78 is 32.8. The maximum absolute atomic E-state index is 13.2. The largest absolute Gasteiger partial charge is 0.487 e. The number of aromatic nitrogens is 5. The third kappa shape index (κ3) is 4.53. The molecule has 0 amide bonds. The average Bonchev–Trinajstić information content (AvgIpc) is 3.33. The summed E-state index contributed by atoms with van der Waals surface area (Å²) in [4.78, 5) is 4.28. The molecule has 0 fully saturated rings. The van der Waals surface area contributed by atoms with Crippen molar-refractivity contribution in [1.29, 1.82) is 0 Å². The Morgan fingerprint density at radius 2 is 1.53 bits per heavy atom. The van der Waals surface area contributed by atoms with E-state index < -0.39 is 6.55 Å². The molecule has 2 aromatic heterocycles. The highest BCUT2D eigenvalue weighted by Crippen LogP contribution is 2.47. The molecule has 0 aliphatic carbocycles. The summed E-state index contributed by atoms with van der Waals surface area (Å²) in [6.07, 6.45) is 1.75. The Hall–Kier alpha value is -3.68. The number of nitrogens with zero attached hydrogens (tertiary/aromatic N) is 5. The van der Waals surface area contributed by atoms with Gasteiger partial charge in [-0.1, -0.05) is 70.2 Å². The van der Waals surface area contributed by atoms with Gasteiger partial charge in [-0.05, 0) is 51.2 Å². The topological polar surface area (TPSA) is 65.7 Å². The maximum atomic E-state index is 13.2. The summed E-state index contributed by atoms with van der Waals surface area (Å²) in [7, 11) is 0. The lowest BCUT2D eigenvalue weighted by atomic mass is 9.60. The van der Waals surface area contributed by atoms with Gasteiger partial charge in [0.05, 0.1) is 5.69 Å². The molecule has 0 radical (unpaired) electrons. The minimum absolute atomic E-state index is 0.0356. The number of pyridine rings is 1. The average molecular weight is 464 g/mol. The van der Waals surface area contributed by atoms with Gasteiger partial charge in [-0.15, -0.1) is 5.10 Å². The number of ether oxygens (including phenoxy) is 1. The molecule has 4 aromatic rings. The molecule has 0 aliphatic rings. The second-order valence-electron chi connectivity index (χ2n) is 9.31. The van der Waals surface area contributed by atoms with Gasteiger partial charge < -0.3 is 4.74 Å². The predicted molar refractivity (Wildman–Crippen MR) is 125 cm³/mol. The van der Waals surface area contributed by atoms with Crippen LogP contribution in [0.3, 0.4) is 0 Å². The summed E-state index contributed by atoms with van der Waals surface area (Å²) in [5.41, 5.74) is 3.07. The first-order valence-electron chi connectivity index (χ1n) is 11.0. The molecule has 2 aromatic carbocycles. The smallest absolute Gasteiger partial charge is 0.336 e. The van der Waals surface area contributed by atoms with Crippen LogP contribution in [0.5, 0.6) is 5.75 Å². The van der Waals surface area contributed by atoms with Crippen molar-refractivity contribution in [3.05, 3.63) is 89.7 Å². The molecular formula is C26H27F2N5O. The Labute approximate surface area is 197 Å². The van der Waals surface area contributed by atoms with E-state index in [0.717, 1.165) is 22.6 Å². The van der Waals surface area contributed by atoms with Crippen molar-refractivity contribution < 1.29 is 13.5 Å². The molecule has 8 heteroatoms. The van der Waals surface area contributed by atoms with Gasteiger partial charge >= 0.3 is 6.55 Å². The number of hydrogen-bond donors (Lipinski definition) is 0. The van der Waals surface area contributed by atoms with Gasteiger partial charge in [0.1, 0.15) is 12.4 Å². The monoisotopic (exact) mass is 463 g/mol. The summed E-state index contributed by atoms with van der Waals surface area (Å²) in [5, 5.41) is 10.5. The zero-order valence-electron chi connectivity index (χ0n) is 19.6. The third-order valence-corrected chi connectivity index (χ3v) is 6.44. The van der Waals surface area contributed by atoms with Crippen LogP contribution in [0.25, 0.3) is 11.4 Å². The van der Waals surface area contributed by atoms with Crippen LogP contribution in [0.1, 0.15) is 51.1 Å². The van der Waals surface area contributed by atoms with Crippen LogP contribution < -0.4 is 4.74 Å². The van der Waals surface area contributed by atoms with E-state index in [0.29, 0.717) is 16.9 Å². The molecule has 2 heterocycles. The first-order chi connectivity index (χ1) is 16.2. The quantitative estimate of drug-likeness (QED) is 0.333. The maximum Gasteiger partial charge on any atom is 0.336 e. The van der Waals surface area contributed by atoms with Crippen molar-refractivity contribution in [2.24, 2.45) is 5.41 Å². The van der Waals surface area contributed by atoms with Crippen molar-refractivity contribution in [2.75, 3.05) is 0 Å². The Bertz CT molecular complexity index is 1220. The van der Waals surface area contributed by atoms with Gasteiger partial charge in [0.25, 0.3) is 0 Å². The van der Waals surface area contributed by atoms with Gasteiger partial charge in [0.2, 0.25) is 0 Å². The first-order valence-corrected chi connectivity index (χ1v) is 11.0. The van der Waals surface area contributed by atoms with Crippen LogP contribution in [0.2, 0.25) is 0 Å². The molecule has 0 bridgehead atoms. The van der Waals surface area contributed by atoms with Crippen LogP contribution in [-0.2, 0) is 12.0 Å². The lowest BCUT2D eigenvalue weighted by molar-refractivity contribution is 0.0564. The fraction of sp³-hybridized carbons (Fsp3) is 0.308. The Kier molecular flexibility index (Phi) is 6.41. The van der Waals surface area contributed by atoms with Crippen LogP contribution in [0.15, 0.2) is 72.9 Å². The van der Waals surface area contributed by atoms with Gasteiger partial charge in [-0.25, -0.2) is 0 Å². The first kappa shape index (κ1) is 23.5. The SMILES string of the molecule is CC(C)(C)C(C)(c1ccc(OCc2ccccn2)cc1)c1ccc(-c2nnnn2C(F)F)cc1. The number of tetrazole rings is 1. The van der Waals surface area contributed by atoms with Crippen molar-refractivity contribution in [1.82, 2.24) is 25.2 Å². The van der Waals surface area contributed by atoms with E-state index in [-0.39, 0.29) is 16.7 Å². The molecule has 0 saturated carbocycles. The van der Waals surface area contributed by atoms with Crippen molar-refractivity contribution in [2.45, 2.75) is 46.3 Å². The number of hydrogen-bond acceptors (Lipinski definition) is 5. The second-order valence-corrected chi connectivity index (χ2v) is 9.31. The van der Waals surface area contributed by atoms with Crippen LogP contribution in [0.4, 0.5) is 8.78 Å². The number of alkyl halides is 2. The van der Waals surface area contributed by atoms with Gasteiger partial charge in [0.15, 0.2) is 5.82 Å². The van der Waals surface area contributed by atoms with Crippen LogP contribution in [0, 0.1) is 5.41 Å². The van der Waals surface area contributed by atoms with Crippen LogP contribution in [-0.4, -0.2) is 25.2 Å². The molecule has 6 nitrogen and oxygen atoms in total. The van der Waals surface area contributed by atoms with Crippen molar-refractivity contribution in [3.63, 3.8) is 0 Å². The van der Waals surface area contributed by atoms with Gasteiger partial charge in [0, 0.05) is 17.2 Å². The Morgan fingerprint density at radius 3 is 2.09 bits per heavy atom. The Morgan fingerprint density at radius 1 is 0.882 bits per heavy atom. The lowest BCUT2D eigenvalue weighted by Crippen LogP contribution is -2.38. The number of benzene rings is 2. The van der Waals surface area contributed by atoms with E-state index in [1.54, 1.807) is 18.3 Å². The standard InChI is InChI=1S/C26H27F2N5O/c1-25(2,3)26(4,19-10-8-18(9-11-19)23-30-31-32-33(23)24(27)28)20-12-14-22(15-13-20)34-17-21-7-5-6-16-29-21/h5-16,24H,17H2,1-4H3. The molecule has 0 aliphatic heterocycles. The van der Waals surface area contributed by atoms with E-state index >= 15 is 0 Å². The van der Waals surface area contributed by atoms with E-state index in [1.807, 2.05) is 42.5 Å². The summed E-state index contributed by atoms with van der Waals surface area (Å²) in [6.45, 7) is 6.34. The number of halogens is 2. The minimum Gasteiger partial charge on any atom is -0.487 e. The third-order valence-electron chi connectivity index (χ3n) is 6.44. The number of rotatable bonds is 7. The predicted octanol–water partition coefficient (Wildman–Crippen LogP) is 6.06. The molecular weight excluding hydrogens is 436 g/mol. The van der Waals surface area contributed by atoms with Crippen molar-refractivity contribution >= 4 is 0 Å². The normalized spacial score (nSPS) is 13.6. The molecule has 4 rings (SSSR count). The van der Waals surface area contributed by atoms with E-state index in [2.05, 4.69) is 60.3 Å². The van der Waals surface area contributed by atoms with E-state index in [1.165, 1.54) is 0 Å². The van der Waals surface area contributed by atoms with Gasteiger partial charge in [-0.3, -0.25) is 4.98 Å². The lowest BCUT2D eigenvalue weighted by Gasteiger charge is -2.43. The minimum atomic E-state index is -2.80. The van der Waals surface area contributed by atoms with E-state index in [9.17, 15) is 8.78 Å². The van der Waals surface area contributed by atoms with E-state index in [4.69, 9.17) is 4.74 Å².